The zero-order chi connectivity index (χ0) is 29.9. The molecule has 0 aliphatic heterocycles. The SMILES string of the molecule is O=C(O)[C@H]([C@H](O)c1ccc(OCc2ccccc2)c(OCc2ccccc2)c1)N(Cc1ccccc1)Cc1ccccc1. The van der Waals surface area contributed by atoms with Gasteiger partial charge in [0.1, 0.15) is 25.4 Å². The third kappa shape index (κ3) is 8.32. The van der Waals surface area contributed by atoms with Gasteiger partial charge in [0.05, 0.1) is 0 Å². The molecule has 0 aliphatic carbocycles. The van der Waals surface area contributed by atoms with Gasteiger partial charge in [0.2, 0.25) is 0 Å². The molecular formula is C37H35NO5. The van der Waals surface area contributed by atoms with Crippen molar-refractivity contribution in [3.8, 4) is 11.5 Å². The highest BCUT2D eigenvalue weighted by Gasteiger charge is 2.34. The molecule has 5 aromatic carbocycles. The van der Waals surface area contributed by atoms with Crippen LogP contribution in [0, 0.1) is 0 Å². The van der Waals surface area contributed by atoms with Gasteiger partial charge in [0.25, 0.3) is 0 Å². The van der Waals surface area contributed by atoms with Crippen LogP contribution in [0.3, 0.4) is 0 Å². The van der Waals surface area contributed by atoms with Gasteiger partial charge in [-0.2, -0.15) is 0 Å². The number of benzene rings is 5. The molecule has 0 aromatic heterocycles. The Labute approximate surface area is 252 Å². The standard InChI is InChI=1S/C37H35NO5/c39-36(35(37(40)41)38(24-28-13-5-1-6-14-28)25-29-15-7-2-8-16-29)32-21-22-33(42-26-30-17-9-3-10-18-30)34(23-32)43-27-31-19-11-4-12-20-31/h1-23,35-36,39H,24-27H2,(H,40,41)/t35-,36+/m0/s1. The van der Waals surface area contributed by atoms with Crippen LogP contribution in [0.1, 0.15) is 33.9 Å². The number of nitrogens with zero attached hydrogens (tertiary/aromatic N) is 1. The number of carboxylic acid groups (broad SMARTS) is 1. The van der Waals surface area contributed by atoms with Crippen molar-refractivity contribution in [2.75, 3.05) is 0 Å². The minimum atomic E-state index is -1.34. The van der Waals surface area contributed by atoms with E-state index in [9.17, 15) is 15.0 Å². The minimum Gasteiger partial charge on any atom is -0.485 e. The topological polar surface area (TPSA) is 79.2 Å². The van der Waals surface area contributed by atoms with Gasteiger partial charge < -0.3 is 19.7 Å². The molecule has 2 atom stereocenters. The molecule has 218 valence electrons. The fourth-order valence-electron chi connectivity index (χ4n) is 4.97. The van der Waals surface area contributed by atoms with E-state index >= 15 is 0 Å². The number of rotatable bonds is 14. The van der Waals surface area contributed by atoms with Crippen molar-refractivity contribution in [3.05, 3.63) is 167 Å². The molecule has 0 bridgehead atoms. The van der Waals surface area contributed by atoms with Crippen LogP contribution in [0.25, 0.3) is 0 Å². The molecule has 0 amide bonds. The highest BCUT2D eigenvalue weighted by atomic mass is 16.5. The summed E-state index contributed by atoms with van der Waals surface area (Å²) in [5, 5.41) is 22.1. The third-order valence-electron chi connectivity index (χ3n) is 7.19. The Bertz CT molecular complexity index is 1520. The smallest absolute Gasteiger partial charge is 0.324 e. The quantitative estimate of drug-likeness (QED) is 0.148. The lowest BCUT2D eigenvalue weighted by atomic mass is 9.98. The van der Waals surface area contributed by atoms with Gasteiger partial charge in [-0.15, -0.1) is 0 Å². The maximum atomic E-state index is 12.8. The van der Waals surface area contributed by atoms with E-state index in [1.165, 1.54) is 0 Å². The number of carboxylic acids is 1. The van der Waals surface area contributed by atoms with E-state index in [4.69, 9.17) is 9.47 Å². The van der Waals surface area contributed by atoms with E-state index in [0.717, 1.165) is 22.3 Å². The van der Waals surface area contributed by atoms with Crippen LogP contribution in [-0.4, -0.2) is 27.1 Å². The highest BCUT2D eigenvalue weighted by molar-refractivity contribution is 5.74. The largest absolute Gasteiger partial charge is 0.485 e. The van der Waals surface area contributed by atoms with Crippen LogP contribution in [-0.2, 0) is 31.1 Å². The van der Waals surface area contributed by atoms with Crippen LogP contribution < -0.4 is 9.47 Å². The first-order chi connectivity index (χ1) is 21.1. The van der Waals surface area contributed by atoms with Gasteiger partial charge in [-0.1, -0.05) is 127 Å². The minimum absolute atomic E-state index is 0.290. The molecule has 5 aromatic rings. The zero-order valence-corrected chi connectivity index (χ0v) is 23.8. The first-order valence-corrected chi connectivity index (χ1v) is 14.3. The summed E-state index contributed by atoms with van der Waals surface area (Å²) >= 11 is 0. The normalized spacial score (nSPS) is 12.4. The number of hydrogen-bond donors (Lipinski definition) is 2. The fourth-order valence-corrected chi connectivity index (χ4v) is 4.97. The molecular weight excluding hydrogens is 538 g/mol. The second kappa shape index (κ2) is 14.8. The zero-order valence-electron chi connectivity index (χ0n) is 23.8. The van der Waals surface area contributed by atoms with E-state index in [1.807, 2.05) is 121 Å². The number of aliphatic hydroxyl groups excluding tert-OH is 1. The molecule has 43 heavy (non-hydrogen) atoms. The average Bonchev–Trinajstić information content (AvgIpc) is 3.05. The monoisotopic (exact) mass is 573 g/mol. The van der Waals surface area contributed by atoms with E-state index in [-0.39, 0.29) is 0 Å². The molecule has 0 spiro atoms. The predicted molar refractivity (Wildman–Crippen MR) is 167 cm³/mol. The van der Waals surface area contributed by atoms with Crippen molar-refractivity contribution in [1.82, 2.24) is 4.90 Å². The van der Waals surface area contributed by atoms with Gasteiger partial charge in [-0.05, 0) is 39.9 Å². The van der Waals surface area contributed by atoms with Gasteiger partial charge in [-0.25, -0.2) is 0 Å². The van der Waals surface area contributed by atoms with Crippen molar-refractivity contribution >= 4 is 5.97 Å². The third-order valence-corrected chi connectivity index (χ3v) is 7.19. The van der Waals surface area contributed by atoms with Crippen LogP contribution in [0.2, 0.25) is 0 Å². The van der Waals surface area contributed by atoms with E-state index in [1.54, 1.807) is 23.1 Å². The van der Waals surface area contributed by atoms with E-state index < -0.39 is 18.1 Å². The number of aliphatic carboxylic acids is 1. The summed E-state index contributed by atoms with van der Waals surface area (Å²) in [7, 11) is 0. The average molecular weight is 574 g/mol. The Morgan fingerprint density at radius 3 is 1.44 bits per heavy atom. The molecule has 0 fully saturated rings. The number of hydrogen-bond acceptors (Lipinski definition) is 5. The molecule has 0 heterocycles. The van der Waals surface area contributed by atoms with Gasteiger partial charge >= 0.3 is 5.97 Å². The number of carbonyl (C=O) groups is 1. The summed E-state index contributed by atoms with van der Waals surface area (Å²) in [5.41, 5.74) is 4.31. The lowest BCUT2D eigenvalue weighted by Crippen LogP contribution is -2.44. The van der Waals surface area contributed by atoms with Crippen LogP contribution in [0.15, 0.2) is 140 Å². The van der Waals surface area contributed by atoms with E-state index in [0.29, 0.717) is 43.4 Å². The fraction of sp³-hybridized carbons (Fsp3) is 0.162. The second-order valence-electron chi connectivity index (χ2n) is 10.4. The van der Waals surface area contributed by atoms with Gasteiger partial charge in [0.15, 0.2) is 11.5 Å². The summed E-state index contributed by atoms with van der Waals surface area (Å²) in [4.78, 5) is 14.6. The van der Waals surface area contributed by atoms with Crippen LogP contribution in [0.4, 0.5) is 0 Å². The summed E-state index contributed by atoms with van der Waals surface area (Å²) in [5.74, 6) is -0.179. The molecule has 0 radical (unpaired) electrons. The van der Waals surface area contributed by atoms with Crippen molar-refractivity contribution in [3.63, 3.8) is 0 Å². The Kier molecular flexibility index (Phi) is 10.2. The predicted octanol–water partition coefficient (Wildman–Crippen LogP) is 7.03. The van der Waals surface area contributed by atoms with Crippen LogP contribution in [0.5, 0.6) is 11.5 Å². The van der Waals surface area contributed by atoms with Gasteiger partial charge in [0, 0.05) is 13.1 Å². The first-order valence-electron chi connectivity index (χ1n) is 14.3. The molecule has 2 N–H and O–H groups in total. The molecule has 0 saturated heterocycles. The Hall–Kier alpha value is -4.91. The maximum Gasteiger partial charge on any atom is 0.324 e. The van der Waals surface area contributed by atoms with Crippen molar-refractivity contribution in [2.45, 2.75) is 38.4 Å². The maximum absolute atomic E-state index is 12.8. The highest BCUT2D eigenvalue weighted by Crippen LogP contribution is 2.34. The van der Waals surface area contributed by atoms with Crippen molar-refractivity contribution in [1.29, 1.82) is 0 Å². The van der Waals surface area contributed by atoms with Crippen LogP contribution >= 0.6 is 0 Å². The van der Waals surface area contributed by atoms with E-state index in [2.05, 4.69) is 0 Å². The molecule has 0 aliphatic rings. The molecule has 6 heteroatoms. The lowest BCUT2D eigenvalue weighted by Gasteiger charge is -2.32. The second-order valence-corrected chi connectivity index (χ2v) is 10.4. The summed E-state index contributed by atoms with van der Waals surface area (Å²) < 4.78 is 12.3. The van der Waals surface area contributed by atoms with Crippen molar-refractivity contribution < 1.29 is 24.5 Å². The summed E-state index contributed by atoms with van der Waals surface area (Å²) in [6, 6.07) is 42.8. The lowest BCUT2D eigenvalue weighted by molar-refractivity contribution is -0.149. The Morgan fingerprint density at radius 2 is 1.00 bits per heavy atom. The molecule has 5 rings (SSSR count). The first kappa shape index (κ1) is 29.6. The molecule has 0 unspecified atom stereocenters. The summed E-state index contributed by atoms with van der Waals surface area (Å²) in [6.07, 6.45) is -1.34. The number of ether oxygens (including phenoxy) is 2. The van der Waals surface area contributed by atoms with Gasteiger partial charge in [-0.3, -0.25) is 9.69 Å². The summed E-state index contributed by atoms with van der Waals surface area (Å²) in [6.45, 7) is 1.32. The Balaban J connectivity index is 1.44. The number of aliphatic hydroxyl groups is 1. The molecule has 6 nitrogen and oxygen atoms in total. The molecule has 0 saturated carbocycles. The Morgan fingerprint density at radius 1 is 0.581 bits per heavy atom. The van der Waals surface area contributed by atoms with Crippen molar-refractivity contribution in [2.24, 2.45) is 0 Å².